The molecule has 24 heavy (non-hydrogen) atoms. The van der Waals surface area contributed by atoms with Gasteiger partial charge in [-0.3, -0.25) is 14.5 Å². The second kappa shape index (κ2) is 6.83. The molecule has 2 aromatic carbocycles. The number of imide groups is 1. The zero-order valence-electron chi connectivity index (χ0n) is 13.5. The summed E-state index contributed by atoms with van der Waals surface area (Å²) >= 11 is 0. The first-order valence-electron chi connectivity index (χ1n) is 8.08. The Morgan fingerprint density at radius 1 is 1.08 bits per heavy atom. The predicted octanol–water partition coefficient (Wildman–Crippen LogP) is 3.76. The summed E-state index contributed by atoms with van der Waals surface area (Å²) in [6.45, 7) is 2.39. The molecule has 3 rings (SSSR count). The average Bonchev–Trinajstić information content (AvgIpc) is 2.70. The van der Waals surface area contributed by atoms with Crippen molar-refractivity contribution in [2.75, 3.05) is 11.9 Å². The van der Waals surface area contributed by atoms with Gasteiger partial charge in [-0.2, -0.15) is 0 Å². The number of benzene rings is 2. The van der Waals surface area contributed by atoms with Crippen LogP contribution >= 0.6 is 0 Å². The summed E-state index contributed by atoms with van der Waals surface area (Å²) in [6, 6.07) is 12.1. The topological polar surface area (TPSA) is 49.4 Å². The largest absolute Gasteiger partial charge is 0.369 e. The van der Waals surface area contributed by atoms with Crippen molar-refractivity contribution < 1.29 is 14.0 Å². The number of carbonyl (C=O) groups excluding carboxylic acids is 2. The van der Waals surface area contributed by atoms with Crippen LogP contribution in [0.3, 0.4) is 0 Å². The van der Waals surface area contributed by atoms with E-state index in [0.29, 0.717) is 23.4 Å². The van der Waals surface area contributed by atoms with Gasteiger partial charge in [0.15, 0.2) is 0 Å². The lowest BCUT2D eigenvalue weighted by Gasteiger charge is -2.23. The maximum Gasteiger partial charge on any atom is 0.262 e. The zero-order chi connectivity index (χ0) is 17.1. The number of nitrogens with one attached hydrogen (secondary N) is 1. The molecule has 0 saturated carbocycles. The van der Waals surface area contributed by atoms with E-state index in [-0.39, 0.29) is 17.6 Å². The molecule has 0 aromatic heterocycles. The molecule has 1 aliphatic heterocycles. The van der Waals surface area contributed by atoms with Crippen molar-refractivity contribution in [3.63, 3.8) is 0 Å². The van der Waals surface area contributed by atoms with E-state index in [1.807, 2.05) is 13.0 Å². The van der Waals surface area contributed by atoms with E-state index in [0.717, 1.165) is 12.8 Å². The van der Waals surface area contributed by atoms with Gasteiger partial charge in [-0.15, -0.1) is 0 Å². The summed E-state index contributed by atoms with van der Waals surface area (Å²) < 4.78 is 13.2. The third-order valence-electron chi connectivity index (χ3n) is 4.15. The number of unbranched alkanes of at least 4 members (excludes halogenated alkanes) is 1. The molecule has 5 heteroatoms. The van der Waals surface area contributed by atoms with Gasteiger partial charge < -0.3 is 5.32 Å². The van der Waals surface area contributed by atoms with Gasteiger partial charge in [0, 0.05) is 12.2 Å². The second-order valence-corrected chi connectivity index (χ2v) is 5.82. The van der Waals surface area contributed by atoms with Crippen molar-refractivity contribution in [3.8, 4) is 0 Å². The first kappa shape index (κ1) is 16.2. The molecular formula is C19H19FN2O2. The quantitative estimate of drug-likeness (QED) is 0.870. The molecular weight excluding hydrogens is 307 g/mol. The lowest BCUT2D eigenvalue weighted by molar-refractivity contribution is -0.129. The zero-order valence-corrected chi connectivity index (χ0v) is 13.5. The van der Waals surface area contributed by atoms with Crippen LogP contribution in [0.4, 0.5) is 10.1 Å². The number of anilines is 1. The highest BCUT2D eigenvalue weighted by Crippen LogP contribution is 2.30. The molecule has 1 N–H and O–H groups in total. The average molecular weight is 326 g/mol. The fourth-order valence-electron chi connectivity index (χ4n) is 2.82. The Morgan fingerprint density at radius 3 is 2.50 bits per heavy atom. The van der Waals surface area contributed by atoms with Gasteiger partial charge in [0.05, 0.1) is 5.56 Å². The minimum absolute atomic E-state index is 0.291. The lowest BCUT2D eigenvalue weighted by atomic mass is 10.1. The number of hydrogen-bond acceptors (Lipinski definition) is 3. The van der Waals surface area contributed by atoms with E-state index >= 15 is 0 Å². The van der Waals surface area contributed by atoms with Crippen LogP contribution in [0.5, 0.6) is 0 Å². The summed E-state index contributed by atoms with van der Waals surface area (Å²) in [4.78, 5) is 27.1. The smallest absolute Gasteiger partial charge is 0.262 e. The Labute approximate surface area is 140 Å². The minimum Gasteiger partial charge on any atom is -0.369 e. The number of carbonyl (C=O) groups is 2. The van der Waals surface area contributed by atoms with Crippen molar-refractivity contribution in [2.24, 2.45) is 0 Å². The lowest BCUT2D eigenvalue weighted by Crippen LogP contribution is -2.40. The number of rotatable bonds is 4. The Hall–Kier alpha value is -2.69. The van der Waals surface area contributed by atoms with Crippen LogP contribution < -0.4 is 5.32 Å². The molecule has 4 nitrogen and oxygen atoms in total. The Balaban J connectivity index is 2.04. The highest BCUT2D eigenvalue weighted by atomic mass is 19.1. The molecule has 2 aromatic rings. The van der Waals surface area contributed by atoms with Crippen molar-refractivity contribution in [2.45, 2.75) is 25.8 Å². The van der Waals surface area contributed by atoms with E-state index in [1.165, 1.54) is 17.0 Å². The van der Waals surface area contributed by atoms with E-state index in [1.54, 1.807) is 30.3 Å². The first-order chi connectivity index (χ1) is 11.6. The first-order valence-corrected chi connectivity index (χ1v) is 8.08. The maximum atomic E-state index is 13.2. The summed E-state index contributed by atoms with van der Waals surface area (Å²) in [6.07, 6.45) is 1.63. The molecule has 0 radical (unpaired) electrons. The van der Waals surface area contributed by atoms with Crippen LogP contribution in [0.25, 0.3) is 0 Å². The van der Waals surface area contributed by atoms with Crippen molar-refractivity contribution in [1.82, 2.24) is 4.90 Å². The number of nitrogens with zero attached hydrogens (tertiary/aromatic N) is 1. The fourth-order valence-corrected chi connectivity index (χ4v) is 2.82. The second-order valence-electron chi connectivity index (χ2n) is 5.82. The molecule has 1 unspecified atom stereocenters. The van der Waals surface area contributed by atoms with Gasteiger partial charge in [-0.1, -0.05) is 37.6 Å². The number of hydrogen-bond donors (Lipinski definition) is 1. The van der Waals surface area contributed by atoms with E-state index in [4.69, 9.17) is 0 Å². The van der Waals surface area contributed by atoms with Gasteiger partial charge in [-0.25, -0.2) is 4.39 Å². The van der Waals surface area contributed by atoms with Crippen molar-refractivity contribution in [3.05, 3.63) is 65.5 Å². The van der Waals surface area contributed by atoms with Crippen LogP contribution in [0.15, 0.2) is 48.5 Å². The Morgan fingerprint density at radius 2 is 1.79 bits per heavy atom. The van der Waals surface area contributed by atoms with Crippen LogP contribution in [0, 0.1) is 5.82 Å². The molecule has 2 amide bonds. The van der Waals surface area contributed by atoms with Crippen LogP contribution in [0.2, 0.25) is 0 Å². The van der Waals surface area contributed by atoms with Crippen molar-refractivity contribution in [1.29, 1.82) is 0 Å². The van der Waals surface area contributed by atoms with Gasteiger partial charge in [0.1, 0.15) is 11.9 Å². The minimum atomic E-state index is -0.713. The molecule has 124 valence electrons. The number of amides is 2. The van der Waals surface area contributed by atoms with Gasteiger partial charge in [0.2, 0.25) is 0 Å². The summed E-state index contributed by atoms with van der Waals surface area (Å²) in [5.74, 6) is -0.962. The van der Waals surface area contributed by atoms with E-state index < -0.39 is 6.04 Å². The molecule has 0 aliphatic carbocycles. The van der Waals surface area contributed by atoms with Gasteiger partial charge >= 0.3 is 0 Å². The molecule has 0 bridgehead atoms. The Kier molecular flexibility index (Phi) is 4.60. The Bertz CT molecular complexity index is 758. The van der Waals surface area contributed by atoms with Crippen LogP contribution in [-0.4, -0.2) is 23.3 Å². The predicted molar refractivity (Wildman–Crippen MR) is 90.2 cm³/mol. The van der Waals surface area contributed by atoms with Crippen molar-refractivity contribution >= 4 is 17.5 Å². The molecule has 1 aliphatic rings. The highest BCUT2D eigenvalue weighted by molar-refractivity contribution is 6.11. The van der Waals surface area contributed by atoms with Crippen LogP contribution in [0.1, 0.15) is 41.7 Å². The number of para-hydroxylation sites is 1. The SMILES string of the molecule is CCCCN1C(=O)c2ccccc2NC(c2ccc(F)cc2)C1=O. The maximum absolute atomic E-state index is 13.2. The molecule has 1 heterocycles. The summed E-state index contributed by atoms with van der Waals surface area (Å²) in [5.41, 5.74) is 1.73. The third-order valence-corrected chi connectivity index (χ3v) is 4.15. The van der Waals surface area contributed by atoms with Crippen LogP contribution in [-0.2, 0) is 4.79 Å². The highest BCUT2D eigenvalue weighted by Gasteiger charge is 2.35. The molecule has 1 atom stereocenters. The molecule has 0 fully saturated rings. The summed E-state index contributed by atoms with van der Waals surface area (Å²) in [7, 11) is 0. The molecule has 0 spiro atoms. The normalized spacial score (nSPS) is 17.2. The van der Waals surface area contributed by atoms with E-state index in [9.17, 15) is 14.0 Å². The number of halogens is 1. The monoisotopic (exact) mass is 326 g/mol. The van der Waals surface area contributed by atoms with Gasteiger partial charge in [-0.05, 0) is 36.2 Å². The number of fused-ring (bicyclic) bond motifs is 1. The third kappa shape index (κ3) is 3.02. The molecule has 0 saturated heterocycles. The van der Waals surface area contributed by atoms with E-state index in [2.05, 4.69) is 5.32 Å². The summed E-state index contributed by atoms with van der Waals surface area (Å²) in [5, 5.41) is 3.15. The standard InChI is InChI=1S/C19H19FN2O2/c1-2-3-12-22-18(23)15-6-4-5-7-16(15)21-17(19(22)24)13-8-10-14(20)11-9-13/h4-11,17,21H,2-3,12H2,1H3. The fraction of sp³-hybridized carbons (Fsp3) is 0.263. The van der Waals surface area contributed by atoms with Gasteiger partial charge in [0.25, 0.3) is 11.8 Å².